The lowest BCUT2D eigenvalue weighted by Crippen LogP contribution is -2.49. The van der Waals surface area contributed by atoms with Crippen molar-refractivity contribution < 1.29 is 24.3 Å². The lowest BCUT2D eigenvalue weighted by Gasteiger charge is -2.40. The molecule has 2 aromatic carbocycles. The smallest absolute Gasteiger partial charge is 0.279 e. The van der Waals surface area contributed by atoms with Crippen LogP contribution < -0.4 is 4.74 Å². The molecule has 0 spiro atoms. The van der Waals surface area contributed by atoms with Crippen molar-refractivity contribution in [1.82, 2.24) is 4.98 Å². The molecule has 2 heterocycles. The molecule has 4 rings (SSSR count). The summed E-state index contributed by atoms with van der Waals surface area (Å²) in [6.45, 7) is 8.80. The van der Waals surface area contributed by atoms with E-state index in [2.05, 4.69) is 4.98 Å². The van der Waals surface area contributed by atoms with Crippen LogP contribution in [0, 0.1) is 10.1 Å². The average molecular weight is 469 g/mol. The van der Waals surface area contributed by atoms with Crippen molar-refractivity contribution in [2.45, 2.75) is 52.2 Å². The number of nitro benzene ring substituents is 1. The fourth-order valence-corrected chi connectivity index (χ4v) is 4.87. The molecule has 1 N–H and O–H groups in total. The van der Waals surface area contributed by atoms with Crippen LogP contribution in [0.5, 0.6) is 10.9 Å². The maximum atomic E-state index is 13.2. The predicted molar refractivity (Wildman–Crippen MR) is 126 cm³/mol. The highest BCUT2D eigenvalue weighted by atomic mass is 32.1. The van der Waals surface area contributed by atoms with E-state index in [0.29, 0.717) is 33.1 Å². The number of aliphatic hydroxyl groups is 1. The molecule has 1 aliphatic heterocycles. The maximum Gasteiger partial charge on any atom is 0.279 e. The molecule has 0 saturated carbocycles. The number of thiazole rings is 1. The van der Waals surface area contributed by atoms with Gasteiger partial charge in [0.05, 0.1) is 20.7 Å². The van der Waals surface area contributed by atoms with Crippen molar-refractivity contribution in [3.63, 3.8) is 0 Å². The molecule has 0 saturated heterocycles. The molecule has 0 radical (unpaired) electrons. The van der Waals surface area contributed by atoms with Gasteiger partial charge < -0.3 is 14.6 Å². The van der Waals surface area contributed by atoms with E-state index < -0.39 is 16.1 Å². The van der Waals surface area contributed by atoms with Crippen LogP contribution in [0.15, 0.2) is 42.2 Å². The van der Waals surface area contributed by atoms with Gasteiger partial charge in [-0.2, -0.15) is 0 Å². The van der Waals surface area contributed by atoms with Crippen LogP contribution in [0.1, 0.15) is 45.7 Å². The van der Waals surface area contributed by atoms with Crippen LogP contribution in [0.3, 0.4) is 0 Å². The van der Waals surface area contributed by atoms with Crippen molar-refractivity contribution in [3.8, 4) is 10.9 Å². The van der Waals surface area contributed by atoms with Gasteiger partial charge in [0.25, 0.3) is 10.9 Å². The molecular formula is C24H24N2O6S. The maximum absolute atomic E-state index is 13.2. The summed E-state index contributed by atoms with van der Waals surface area (Å²) in [7, 11) is 0. The summed E-state index contributed by atoms with van der Waals surface area (Å²) in [5, 5.41) is 22.3. The first-order valence-electron chi connectivity index (χ1n) is 10.5. The normalized spacial score (nSPS) is 17.4. The number of Topliss-reactive ketones (excluding diaryl/α,β-unsaturated/α-hetero) is 1. The molecule has 9 heteroatoms. The summed E-state index contributed by atoms with van der Waals surface area (Å²) < 4.78 is 12.4. The molecule has 33 heavy (non-hydrogen) atoms. The van der Waals surface area contributed by atoms with Crippen molar-refractivity contribution >= 4 is 38.6 Å². The minimum atomic E-state index is -1.10. The van der Waals surface area contributed by atoms with Gasteiger partial charge in [-0.3, -0.25) is 14.9 Å². The molecule has 0 unspecified atom stereocenters. The van der Waals surface area contributed by atoms with Gasteiger partial charge >= 0.3 is 0 Å². The summed E-state index contributed by atoms with van der Waals surface area (Å²) >= 11 is 1.19. The Morgan fingerprint density at radius 2 is 1.88 bits per heavy atom. The van der Waals surface area contributed by atoms with Crippen molar-refractivity contribution in [2.24, 2.45) is 0 Å². The number of ketones is 1. The molecular weight excluding hydrogens is 444 g/mol. The van der Waals surface area contributed by atoms with Gasteiger partial charge in [0.1, 0.15) is 22.7 Å². The van der Waals surface area contributed by atoms with E-state index in [1.807, 2.05) is 13.0 Å². The summed E-state index contributed by atoms with van der Waals surface area (Å²) in [6.07, 6.45) is 0.645. The summed E-state index contributed by atoms with van der Waals surface area (Å²) in [4.78, 5) is 28.2. The Morgan fingerprint density at radius 1 is 1.15 bits per heavy atom. The van der Waals surface area contributed by atoms with Gasteiger partial charge in [-0.15, -0.1) is 0 Å². The highest BCUT2D eigenvalue weighted by Gasteiger charge is 2.47. The number of fused-ring (bicyclic) bond motifs is 1. The number of nitrogens with zero attached hydrogens (tertiary/aromatic N) is 2. The van der Waals surface area contributed by atoms with E-state index in [1.54, 1.807) is 45.9 Å². The first kappa shape index (κ1) is 22.9. The second kappa shape index (κ2) is 7.93. The summed E-state index contributed by atoms with van der Waals surface area (Å²) in [6, 6.07) is 9.78. The minimum absolute atomic E-state index is 0.0158. The summed E-state index contributed by atoms with van der Waals surface area (Å²) in [5.41, 5.74) is 0.126. The number of rotatable bonds is 5. The number of ether oxygens (including phenoxy) is 2. The van der Waals surface area contributed by atoms with Crippen LogP contribution in [0.2, 0.25) is 0 Å². The number of aromatic nitrogens is 1. The third-order valence-electron chi connectivity index (χ3n) is 5.59. The van der Waals surface area contributed by atoms with Gasteiger partial charge in [-0.25, -0.2) is 4.98 Å². The predicted octanol–water partition coefficient (Wildman–Crippen LogP) is 5.98. The fraction of sp³-hybridized carbons (Fsp3) is 0.333. The summed E-state index contributed by atoms with van der Waals surface area (Å²) in [5.74, 6) is 0.00963. The Kier molecular flexibility index (Phi) is 5.50. The van der Waals surface area contributed by atoms with Gasteiger partial charge in [-0.05, 0) is 63.4 Å². The largest absolute Gasteiger partial charge is 0.508 e. The Bertz CT molecular complexity index is 1320. The van der Waals surface area contributed by atoms with Crippen LogP contribution in [0.25, 0.3) is 15.8 Å². The van der Waals surface area contributed by atoms with Gasteiger partial charge in [0.15, 0.2) is 5.78 Å². The SMILES string of the molecule is CCc1ccc(Oc2nc3ccc([N+](=O)[O-])cc3s2)cc1C1=C(O)C(C)(C)OC(C)(C)C1=O. The molecule has 0 aliphatic carbocycles. The zero-order chi connectivity index (χ0) is 24.1. The first-order valence-corrected chi connectivity index (χ1v) is 11.3. The van der Waals surface area contributed by atoms with Gasteiger partial charge in [0, 0.05) is 12.1 Å². The highest BCUT2D eigenvalue weighted by Crippen LogP contribution is 2.42. The Morgan fingerprint density at radius 3 is 2.55 bits per heavy atom. The van der Waals surface area contributed by atoms with Crippen molar-refractivity contribution in [3.05, 3.63) is 63.4 Å². The molecule has 0 amide bonds. The number of non-ortho nitro benzene ring substituents is 1. The van der Waals surface area contributed by atoms with E-state index in [1.165, 1.54) is 23.5 Å². The fourth-order valence-electron chi connectivity index (χ4n) is 4.00. The van der Waals surface area contributed by atoms with Crippen molar-refractivity contribution in [1.29, 1.82) is 0 Å². The van der Waals surface area contributed by atoms with Crippen molar-refractivity contribution in [2.75, 3.05) is 0 Å². The van der Waals surface area contributed by atoms with E-state index in [9.17, 15) is 20.0 Å². The second-order valence-electron chi connectivity index (χ2n) is 8.84. The zero-order valence-corrected chi connectivity index (χ0v) is 19.8. The first-order chi connectivity index (χ1) is 15.4. The number of nitro groups is 1. The number of hydrogen-bond donors (Lipinski definition) is 1. The Balaban J connectivity index is 1.77. The van der Waals surface area contributed by atoms with Gasteiger partial charge in [0.2, 0.25) is 0 Å². The molecule has 0 atom stereocenters. The lowest BCUT2D eigenvalue weighted by molar-refractivity contribution is -0.384. The molecule has 172 valence electrons. The van der Waals surface area contributed by atoms with Gasteiger partial charge in [-0.1, -0.05) is 24.3 Å². The third-order valence-corrected chi connectivity index (χ3v) is 6.49. The average Bonchev–Trinajstić information content (AvgIpc) is 3.13. The Hall–Kier alpha value is -3.30. The number of carbonyl (C=O) groups excluding carboxylic acids is 1. The molecule has 1 aromatic heterocycles. The number of carbonyl (C=O) groups is 1. The van der Waals surface area contributed by atoms with E-state index in [-0.39, 0.29) is 22.8 Å². The third kappa shape index (κ3) is 4.09. The number of aryl methyl sites for hydroxylation is 1. The van der Waals surface area contributed by atoms with Crippen LogP contribution >= 0.6 is 11.3 Å². The van der Waals surface area contributed by atoms with Crippen LogP contribution in [-0.2, 0) is 16.0 Å². The zero-order valence-electron chi connectivity index (χ0n) is 19.0. The lowest BCUT2D eigenvalue weighted by atomic mass is 9.81. The quantitative estimate of drug-likeness (QED) is 0.362. The standard InChI is InChI=1S/C24H24N2O6S/c1-6-13-7-9-15(31-22-25-17-10-8-14(26(29)30)11-18(17)33-22)12-16(13)19-20(27)23(2,3)32-24(4,5)21(19)28/h7-12,27H,6H2,1-5H3. The topological polar surface area (TPSA) is 112 Å². The molecule has 3 aromatic rings. The number of hydrogen-bond acceptors (Lipinski definition) is 8. The highest BCUT2D eigenvalue weighted by molar-refractivity contribution is 7.20. The minimum Gasteiger partial charge on any atom is -0.508 e. The number of benzene rings is 2. The molecule has 0 fully saturated rings. The van der Waals surface area contributed by atoms with E-state index in [0.717, 1.165) is 5.56 Å². The molecule has 8 nitrogen and oxygen atoms in total. The van der Waals surface area contributed by atoms with E-state index >= 15 is 0 Å². The van der Waals surface area contributed by atoms with E-state index in [4.69, 9.17) is 9.47 Å². The van der Waals surface area contributed by atoms with Crippen LogP contribution in [0.4, 0.5) is 5.69 Å². The second-order valence-corrected chi connectivity index (χ2v) is 9.83. The number of aliphatic hydroxyl groups excluding tert-OH is 1. The molecule has 1 aliphatic rings. The van der Waals surface area contributed by atoms with Crippen LogP contribution in [-0.4, -0.2) is 32.0 Å². The monoisotopic (exact) mass is 468 g/mol. The molecule has 0 bridgehead atoms. The Labute approximate surface area is 194 Å².